The third-order valence-electron chi connectivity index (χ3n) is 4.55. The van der Waals surface area contributed by atoms with E-state index in [4.69, 9.17) is 0 Å². The number of piperazine rings is 1. The second-order valence-electron chi connectivity index (χ2n) is 6.13. The summed E-state index contributed by atoms with van der Waals surface area (Å²) >= 11 is 0. The van der Waals surface area contributed by atoms with E-state index in [1.54, 1.807) is 8.61 Å². The number of hydrogen-bond acceptors (Lipinski definition) is 3. The lowest BCUT2D eigenvalue weighted by Crippen LogP contribution is -2.53. The first-order valence-electron chi connectivity index (χ1n) is 8.18. The molecular weight excluding hydrogens is 298 g/mol. The van der Waals surface area contributed by atoms with Gasteiger partial charge in [0.25, 0.3) is 10.2 Å². The van der Waals surface area contributed by atoms with E-state index < -0.39 is 10.2 Å². The van der Waals surface area contributed by atoms with Gasteiger partial charge in [-0.05, 0) is 18.4 Å². The quantitative estimate of drug-likeness (QED) is 0.844. The summed E-state index contributed by atoms with van der Waals surface area (Å²) < 4.78 is 28.6. The normalized spacial score (nSPS) is 22.7. The van der Waals surface area contributed by atoms with Gasteiger partial charge in [0.2, 0.25) is 0 Å². The van der Waals surface area contributed by atoms with Crippen molar-refractivity contribution in [2.45, 2.75) is 25.8 Å². The first-order valence-corrected chi connectivity index (χ1v) is 9.57. The first-order chi connectivity index (χ1) is 10.7. The maximum Gasteiger partial charge on any atom is 0.282 e. The fraction of sp³-hybridized carbons (Fsp3) is 0.625. The van der Waals surface area contributed by atoms with Gasteiger partial charge < -0.3 is 0 Å². The summed E-state index contributed by atoms with van der Waals surface area (Å²) in [7, 11) is -3.24. The van der Waals surface area contributed by atoms with Crippen LogP contribution in [0.25, 0.3) is 0 Å². The van der Waals surface area contributed by atoms with Gasteiger partial charge in [0, 0.05) is 45.8 Å². The lowest BCUT2D eigenvalue weighted by Gasteiger charge is -2.37. The molecule has 0 bridgehead atoms. The van der Waals surface area contributed by atoms with Gasteiger partial charge in [-0.25, -0.2) is 0 Å². The zero-order valence-electron chi connectivity index (χ0n) is 13.0. The van der Waals surface area contributed by atoms with Crippen molar-refractivity contribution in [3.8, 4) is 0 Å². The monoisotopic (exact) mass is 323 g/mol. The van der Waals surface area contributed by atoms with Crippen molar-refractivity contribution in [3.63, 3.8) is 0 Å². The summed E-state index contributed by atoms with van der Waals surface area (Å²) in [6.07, 6.45) is 3.14. The molecular formula is C16H25N3O2S. The predicted octanol–water partition coefficient (Wildman–Crippen LogP) is 1.53. The average molecular weight is 323 g/mol. The molecule has 5 nitrogen and oxygen atoms in total. The van der Waals surface area contributed by atoms with Crippen LogP contribution >= 0.6 is 0 Å². The Morgan fingerprint density at radius 3 is 2.00 bits per heavy atom. The molecule has 0 radical (unpaired) electrons. The van der Waals surface area contributed by atoms with Crippen LogP contribution in [0.3, 0.4) is 0 Å². The number of rotatable bonds is 4. The van der Waals surface area contributed by atoms with Crippen LogP contribution < -0.4 is 0 Å². The van der Waals surface area contributed by atoms with Crippen molar-refractivity contribution in [2.75, 3.05) is 39.3 Å². The van der Waals surface area contributed by atoms with Crippen molar-refractivity contribution in [1.29, 1.82) is 0 Å². The van der Waals surface area contributed by atoms with Crippen LogP contribution in [0, 0.1) is 0 Å². The van der Waals surface area contributed by atoms with Gasteiger partial charge in [-0.2, -0.15) is 17.0 Å². The van der Waals surface area contributed by atoms with Crippen LogP contribution in [0.15, 0.2) is 30.3 Å². The van der Waals surface area contributed by atoms with Crippen molar-refractivity contribution < 1.29 is 8.42 Å². The fourth-order valence-electron chi connectivity index (χ4n) is 3.22. The van der Waals surface area contributed by atoms with E-state index in [1.807, 2.05) is 18.2 Å². The summed E-state index contributed by atoms with van der Waals surface area (Å²) in [6, 6.07) is 10.4. The first kappa shape index (κ1) is 15.9. The Morgan fingerprint density at radius 2 is 1.36 bits per heavy atom. The topological polar surface area (TPSA) is 43.9 Å². The summed E-state index contributed by atoms with van der Waals surface area (Å²) in [5, 5.41) is 0. The molecule has 0 atom stereocenters. The Balaban J connectivity index is 1.54. The zero-order valence-corrected chi connectivity index (χ0v) is 13.8. The van der Waals surface area contributed by atoms with Gasteiger partial charge in [-0.3, -0.25) is 4.90 Å². The van der Waals surface area contributed by atoms with Gasteiger partial charge in [0.05, 0.1) is 0 Å². The average Bonchev–Trinajstić information content (AvgIpc) is 2.57. The zero-order chi connectivity index (χ0) is 15.4. The second-order valence-corrected chi connectivity index (χ2v) is 8.06. The molecule has 0 amide bonds. The molecule has 2 heterocycles. The highest BCUT2D eigenvalue weighted by Crippen LogP contribution is 2.18. The molecule has 0 spiro atoms. The minimum Gasteiger partial charge on any atom is -0.296 e. The highest BCUT2D eigenvalue weighted by Gasteiger charge is 2.32. The fourth-order valence-corrected chi connectivity index (χ4v) is 4.89. The molecule has 0 N–H and O–H groups in total. The number of nitrogens with zero attached hydrogens (tertiary/aromatic N) is 3. The number of benzene rings is 1. The molecule has 0 unspecified atom stereocenters. The molecule has 2 aliphatic rings. The standard InChI is InChI=1S/C16H25N3O2S/c20-22(21,18-9-5-2-6-10-18)19-13-11-17(12-14-19)15-16-7-3-1-4-8-16/h1,3-4,7-8H,2,5-6,9-15H2. The molecule has 0 saturated carbocycles. The van der Waals surface area contributed by atoms with Crippen LogP contribution in [0.4, 0.5) is 0 Å². The molecule has 122 valence electrons. The van der Waals surface area contributed by atoms with Gasteiger partial charge in [-0.15, -0.1) is 0 Å². The van der Waals surface area contributed by atoms with Gasteiger partial charge in [0.1, 0.15) is 0 Å². The smallest absolute Gasteiger partial charge is 0.282 e. The van der Waals surface area contributed by atoms with Crippen molar-refractivity contribution >= 4 is 10.2 Å². The van der Waals surface area contributed by atoms with Crippen molar-refractivity contribution in [1.82, 2.24) is 13.5 Å². The van der Waals surface area contributed by atoms with E-state index in [0.717, 1.165) is 38.9 Å². The molecule has 2 saturated heterocycles. The Kier molecular flexibility index (Phi) is 5.13. The molecule has 2 aliphatic heterocycles. The molecule has 3 rings (SSSR count). The van der Waals surface area contributed by atoms with E-state index in [-0.39, 0.29) is 0 Å². The Hall–Kier alpha value is -0.950. The lowest BCUT2D eigenvalue weighted by molar-refractivity contribution is 0.173. The van der Waals surface area contributed by atoms with Crippen LogP contribution in [0.1, 0.15) is 24.8 Å². The minimum absolute atomic E-state index is 0.603. The highest BCUT2D eigenvalue weighted by molar-refractivity contribution is 7.86. The molecule has 0 aliphatic carbocycles. The maximum atomic E-state index is 12.6. The maximum absolute atomic E-state index is 12.6. The Labute approximate surface area is 133 Å². The molecule has 0 aromatic heterocycles. The number of hydrogen-bond donors (Lipinski definition) is 0. The largest absolute Gasteiger partial charge is 0.296 e. The van der Waals surface area contributed by atoms with E-state index >= 15 is 0 Å². The lowest BCUT2D eigenvalue weighted by atomic mass is 10.2. The van der Waals surface area contributed by atoms with Gasteiger partial charge in [-0.1, -0.05) is 36.8 Å². The van der Waals surface area contributed by atoms with E-state index in [0.29, 0.717) is 26.2 Å². The van der Waals surface area contributed by atoms with Crippen LogP contribution in [-0.2, 0) is 16.8 Å². The Bertz CT molecular complexity index is 562. The molecule has 1 aromatic rings. The third-order valence-corrected chi connectivity index (χ3v) is 6.58. The molecule has 6 heteroatoms. The van der Waals surface area contributed by atoms with Crippen molar-refractivity contribution in [2.24, 2.45) is 0 Å². The van der Waals surface area contributed by atoms with Crippen LogP contribution in [-0.4, -0.2) is 61.2 Å². The second kappa shape index (κ2) is 7.08. The van der Waals surface area contributed by atoms with Crippen molar-refractivity contribution in [3.05, 3.63) is 35.9 Å². The van der Waals surface area contributed by atoms with Crippen LogP contribution in [0.5, 0.6) is 0 Å². The highest BCUT2D eigenvalue weighted by atomic mass is 32.2. The van der Waals surface area contributed by atoms with E-state index in [2.05, 4.69) is 17.0 Å². The summed E-state index contributed by atoms with van der Waals surface area (Å²) in [5.41, 5.74) is 1.29. The summed E-state index contributed by atoms with van der Waals surface area (Å²) in [4.78, 5) is 2.33. The predicted molar refractivity (Wildman–Crippen MR) is 87.6 cm³/mol. The molecule has 1 aromatic carbocycles. The Morgan fingerprint density at radius 1 is 0.773 bits per heavy atom. The third kappa shape index (κ3) is 3.68. The van der Waals surface area contributed by atoms with Gasteiger partial charge in [0.15, 0.2) is 0 Å². The minimum atomic E-state index is -3.24. The number of piperidine rings is 1. The van der Waals surface area contributed by atoms with Crippen LogP contribution in [0.2, 0.25) is 0 Å². The molecule has 22 heavy (non-hydrogen) atoms. The van der Waals surface area contributed by atoms with Gasteiger partial charge >= 0.3 is 0 Å². The molecule has 2 fully saturated rings. The van der Waals surface area contributed by atoms with E-state index in [9.17, 15) is 8.42 Å². The summed E-state index contributed by atoms with van der Waals surface area (Å²) in [5.74, 6) is 0. The SMILES string of the molecule is O=S(=O)(N1CCCCC1)N1CCN(Cc2ccccc2)CC1. The van der Waals surface area contributed by atoms with E-state index in [1.165, 1.54) is 5.56 Å². The summed E-state index contributed by atoms with van der Waals surface area (Å²) in [6.45, 7) is 5.10.